The Hall–Kier alpha value is -1.43. The Balaban J connectivity index is 2.64. The van der Waals surface area contributed by atoms with Gasteiger partial charge in [-0.1, -0.05) is 13.8 Å². The lowest BCUT2D eigenvalue weighted by Gasteiger charge is -2.07. The topological polar surface area (TPSA) is 79.3 Å². The molecule has 0 aliphatic rings. The van der Waals surface area contributed by atoms with Gasteiger partial charge in [0.2, 0.25) is 0 Å². The fourth-order valence-corrected chi connectivity index (χ4v) is 2.48. The van der Waals surface area contributed by atoms with E-state index in [0.717, 1.165) is 17.8 Å². The van der Waals surface area contributed by atoms with Crippen LogP contribution in [0.2, 0.25) is 0 Å². The van der Waals surface area contributed by atoms with Crippen LogP contribution < -0.4 is 5.32 Å². The number of carboxylic acids is 1. The highest BCUT2D eigenvalue weighted by atomic mass is 32.1. The molecule has 1 atom stereocenters. The van der Waals surface area contributed by atoms with Gasteiger partial charge in [0.05, 0.1) is 16.6 Å². The van der Waals surface area contributed by atoms with Crippen molar-refractivity contribution >= 4 is 23.2 Å². The molecule has 2 N–H and O–H groups in total. The summed E-state index contributed by atoms with van der Waals surface area (Å²) in [5, 5.41) is 12.3. The Morgan fingerprint density at radius 1 is 1.50 bits per heavy atom. The fourth-order valence-electron chi connectivity index (χ4n) is 1.40. The molecule has 0 aromatic carbocycles. The van der Waals surface area contributed by atoms with Crippen LogP contribution in [-0.2, 0) is 11.2 Å². The van der Waals surface area contributed by atoms with Crippen molar-refractivity contribution in [3.05, 3.63) is 15.6 Å². The minimum Gasteiger partial charge on any atom is -0.481 e. The summed E-state index contributed by atoms with van der Waals surface area (Å²) in [5.74, 6) is -1.74. The van der Waals surface area contributed by atoms with Gasteiger partial charge in [-0.05, 0) is 19.8 Å². The number of rotatable bonds is 6. The zero-order valence-corrected chi connectivity index (χ0v) is 11.6. The van der Waals surface area contributed by atoms with E-state index in [1.54, 1.807) is 13.8 Å². The van der Waals surface area contributed by atoms with Gasteiger partial charge in [-0.3, -0.25) is 9.59 Å². The molecule has 18 heavy (non-hydrogen) atoms. The van der Waals surface area contributed by atoms with Crippen molar-refractivity contribution < 1.29 is 14.7 Å². The lowest BCUT2D eigenvalue weighted by atomic mass is 10.2. The molecule has 1 aromatic heterocycles. The molecular weight excluding hydrogens is 252 g/mol. The Morgan fingerprint density at radius 2 is 2.17 bits per heavy atom. The Labute approximate surface area is 110 Å². The third kappa shape index (κ3) is 3.80. The van der Waals surface area contributed by atoms with Crippen LogP contribution >= 0.6 is 11.3 Å². The number of hydrogen-bond donors (Lipinski definition) is 2. The van der Waals surface area contributed by atoms with Crippen LogP contribution in [0.5, 0.6) is 0 Å². The molecule has 0 radical (unpaired) electrons. The summed E-state index contributed by atoms with van der Waals surface area (Å²) in [6, 6.07) is 0. The highest BCUT2D eigenvalue weighted by Gasteiger charge is 2.17. The maximum absolute atomic E-state index is 11.9. The van der Waals surface area contributed by atoms with Crippen molar-refractivity contribution in [1.29, 1.82) is 0 Å². The first-order chi connectivity index (χ1) is 8.45. The maximum atomic E-state index is 11.9. The fraction of sp³-hybridized carbons (Fsp3) is 0.583. The molecule has 0 saturated carbocycles. The van der Waals surface area contributed by atoms with Crippen LogP contribution in [0, 0.1) is 12.8 Å². The number of carbonyl (C=O) groups excluding carboxylic acids is 1. The first-order valence-electron chi connectivity index (χ1n) is 5.93. The smallest absolute Gasteiger partial charge is 0.308 e. The van der Waals surface area contributed by atoms with Crippen molar-refractivity contribution in [2.24, 2.45) is 5.92 Å². The van der Waals surface area contributed by atoms with E-state index >= 15 is 0 Å². The number of carbonyl (C=O) groups is 2. The van der Waals surface area contributed by atoms with Gasteiger partial charge in [0.25, 0.3) is 5.91 Å². The van der Waals surface area contributed by atoms with Crippen LogP contribution in [0.25, 0.3) is 0 Å². The second kappa shape index (κ2) is 6.49. The van der Waals surface area contributed by atoms with Gasteiger partial charge < -0.3 is 10.4 Å². The predicted molar refractivity (Wildman–Crippen MR) is 70.0 cm³/mol. The molecule has 1 aromatic rings. The van der Waals surface area contributed by atoms with Crippen molar-refractivity contribution in [3.8, 4) is 0 Å². The monoisotopic (exact) mass is 270 g/mol. The Bertz CT molecular complexity index is 443. The molecule has 5 nitrogen and oxygen atoms in total. The van der Waals surface area contributed by atoms with Crippen LogP contribution in [0.4, 0.5) is 0 Å². The highest BCUT2D eigenvalue weighted by molar-refractivity contribution is 7.13. The summed E-state index contributed by atoms with van der Waals surface area (Å²) in [4.78, 5) is 27.4. The van der Waals surface area contributed by atoms with Crippen molar-refractivity contribution in [1.82, 2.24) is 10.3 Å². The SMILES string of the molecule is CCCc1nc(C)c(C(=O)NCC(C)C(=O)O)s1. The molecule has 0 saturated heterocycles. The van der Waals surface area contributed by atoms with Crippen LogP contribution in [0.1, 0.15) is 40.6 Å². The summed E-state index contributed by atoms with van der Waals surface area (Å²) in [6.45, 7) is 5.55. The number of nitrogens with zero attached hydrogens (tertiary/aromatic N) is 1. The molecule has 1 amide bonds. The maximum Gasteiger partial charge on any atom is 0.308 e. The first-order valence-corrected chi connectivity index (χ1v) is 6.74. The number of amides is 1. The average Bonchev–Trinajstić information content (AvgIpc) is 2.67. The van der Waals surface area contributed by atoms with Crippen molar-refractivity contribution in [3.63, 3.8) is 0 Å². The van der Waals surface area contributed by atoms with Gasteiger partial charge >= 0.3 is 5.97 Å². The summed E-state index contributed by atoms with van der Waals surface area (Å²) in [5.41, 5.74) is 0.712. The lowest BCUT2D eigenvalue weighted by Crippen LogP contribution is -2.31. The van der Waals surface area contributed by atoms with E-state index < -0.39 is 11.9 Å². The molecule has 1 heterocycles. The molecule has 0 spiro atoms. The Morgan fingerprint density at radius 3 is 2.72 bits per heavy atom. The van der Waals surface area contributed by atoms with E-state index in [2.05, 4.69) is 17.2 Å². The van der Waals surface area contributed by atoms with Gasteiger partial charge in [0.1, 0.15) is 4.88 Å². The summed E-state index contributed by atoms with van der Waals surface area (Å²) < 4.78 is 0. The minimum absolute atomic E-state index is 0.134. The highest BCUT2D eigenvalue weighted by Crippen LogP contribution is 2.19. The standard InChI is InChI=1S/C12H18N2O3S/c1-4-5-9-14-8(3)10(18-9)11(15)13-6-7(2)12(16)17/h7H,4-6H2,1-3H3,(H,13,15)(H,16,17). The van der Waals surface area contributed by atoms with Crippen molar-refractivity contribution in [2.45, 2.75) is 33.6 Å². The zero-order chi connectivity index (χ0) is 13.7. The van der Waals surface area contributed by atoms with E-state index in [1.165, 1.54) is 11.3 Å². The summed E-state index contributed by atoms with van der Waals surface area (Å²) in [6.07, 6.45) is 1.86. The molecule has 6 heteroatoms. The summed E-state index contributed by atoms with van der Waals surface area (Å²) in [7, 11) is 0. The van der Waals surface area contributed by atoms with Crippen LogP contribution in [0.15, 0.2) is 0 Å². The molecule has 100 valence electrons. The molecule has 1 rings (SSSR count). The predicted octanol–water partition coefficient (Wildman–Crippen LogP) is 1.85. The third-order valence-electron chi connectivity index (χ3n) is 2.50. The van der Waals surface area contributed by atoms with Gasteiger partial charge in [-0.2, -0.15) is 0 Å². The van der Waals surface area contributed by atoms with E-state index in [1.807, 2.05) is 0 Å². The molecule has 1 unspecified atom stereocenters. The second-order valence-corrected chi connectivity index (χ2v) is 5.31. The normalized spacial score (nSPS) is 12.2. The third-order valence-corrected chi connectivity index (χ3v) is 3.72. The van der Waals surface area contributed by atoms with Gasteiger partial charge in [0, 0.05) is 6.54 Å². The molecule has 0 aliphatic carbocycles. The van der Waals surface area contributed by atoms with E-state index in [0.29, 0.717) is 10.6 Å². The first kappa shape index (κ1) is 14.6. The van der Waals surface area contributed by atoms with Crippen LogP contribution in [0.3, 0.4) is 0 Å². The number of nitrogens with one attached hydrogen (secondary N) is 1. The largest absolute Gasteiger partial charge is 0.481 e. The number of aliphatic carboxylic acids is 1. The number of hydrogen-bond acceptors (Lipinski definition) is 4. The van der Waals surface area contributed by atoms with Gasteiger partial charge in [-0.15, -0.1) is 11.3 Å². The van der Waals surface area contributed by atoms with E-state index in [-0.39, 0.29) is 12.5 Å². The molecular formula is C12H18N2O3S. The quantitative estimate of drug-likeness (QED) is 0.827. The van der Waals surface area contributed by atoms with Crippen LogP contribution in [-0.4, -0.2) is 28.5 Å². The van der Waals surface area contributed by atoms with E-state index in [4.69, 9.17) is 5.11 Å². The molecule has 0 aliphatic heterocycles. The second-order valence-electron chi connectivity index (χ2n) is 4.22. The average molecular weight is 270 g/mol. The van der Waals surface area contributed by atoms with Crippen molar-refractivity contribution in [2.75, 3.05) is 6.54 Å². The van der Waals surface area contributed by atoms with E-state index in [9.17, 15) is 9.59 Å². The number of aryl methyl sites for hydroxylation is 2. The van der Waals surface area contributed by atoms with Gasteiger partial charge in [-0.25, -0.2) is 4.98 Å². The number of aromatic nitrogens is 1. The number of thiazole rings is 1. The summed E-state index contributed by atoms with van der Waals surface area (Å²) >= 11 is 1.38. The molecule has 0 fully saturated rings. The zero-order valence-electron chi connectivity index (χ0n) is 10.8. The van der Waals surface area contributed by atoms with Gasteiger partial charge in [0.15, 0.2) is 0 Å². The number of carboxylic acid groups (broad SMARTS) is 1. The minimum atomic E-state index is -0.914. The molecule has 0 bridgehead atoms. The lowest BCUT2D eigenvalue weighted by molar-refractivity contribution is -0.140. The Kier molecular flexibility index (Phi) is 5.27.